The number of carbonyl (C=O) groups is 1. The van der Waals surface area contributed by atoms with E-state index in [0.717, 1.165) is 14.4 Å². The molecular weight excluding hydrogens is 483 g/mol. The molecule has 0 unspecified atom stereocenters. The molecule has 1 aromatic carbocycles. The molecule has 0 spiro atoms. The van der Waals surface area contributed by atoms with E-state index in [1.54, 1.807) is 28.8 Å². The number of nitrogens with zero attached hydrogens (tertiary/aromatic N) is 5. The molecule has 5 rings (SSSR count). The number of hydrogen-bond donors (Lipinski definition) is 0. The average molecular weight is 506 g/mol. The lowest BCUT2D eigenvalue weighted by atomic mass is 9.91. The smallest absolute Gasteiger partial charge is 0.334 e. The van der Waals surface area contributed by atoms with Gasteiger partial charge in [0.05, 0.1) is 16.6 Å². The number of hydrogen-bond acceptors (Lipinski definition) is 5. The minimum absolute atomic E-state index is 0.0101. The maximum Gasteiger partial charge on any atom is 0.471 e. The number of imidazole rings is 1. The fourth-order valence-corrected chi connectivity index (χ4v) is 6.09. The van der Waals surface area contributed by atoms with Gasteiger partial charge in [-0.25, -0.2) is 22.4 Å². The first-order valence-corrected chi connectivity index (χ1v) is 12.5. The monoisotopic (exact) mass is 505 g/mol. The summed E-state index contributed by atoms with van der Waals surface area (Å²) in [6.45, 7) is 3.61. The van der Waals surface area contributed by atoms with Crippen LogP contribution in [-0.4, -0.2) is 56.8 Å². The predicted molar refractivity (Wildman–Crippen MR) is 121 cm³/mol. The number of aromatic nitrogens is 4. The number of likely N-dealkylation sites (tertiary alicyclic amines) is 1. The summed E-state index contributed by atoms with van der Waals surface area (Å²) in [5.41, 5.74) is 2.60. The third kappa shape index (κ3) is 3.76. The van der Waals surface area contributed by atoms with Crippen LogP contribution in [0.1, 0.15) is 30.5 Å². The number of aryl methyl sites for hydroxylation is 1. The van der Waals surface area contributed by atoms with E-state index in [1.807, 2.05) is 13.8 Å². The van der Waals surface area contributed by atoms with E-state index in [4.69, 9.17) is 0 Å². The molecule has 0 radical (unpaired) electrons. The van der Waals surface area contributed by atoms with E-state index in [0.29, 0.717) is 23.3 Å². The van der Waals surface area contributed by atoms with Gasteiger partial charge in [-0.2, -0.15) is 13.2 Å². The van der Waals surface area contributed by atoms with Crippen LogP contribution >= 0.6 is 0 Å². The normalized spacial score (nSPS) is 19.2. The Bertz CT molecular complexity index is 1540. The highest BCUT2D eigenvalue weighted by atomic mass is 32.2. The molecular formula is C23H22F3N5O3S. The molecule has 4 aromatic rings. The Balaban J connectivity index is 1.61. The van der Waals surface area contributed by atoms with Crippen molar-refractivity contribution >= 4 is 32.7 Å². The molecule has 0 saturated carbocycles. The minimum Gasteiger partial charge on any atom is -0.334 e. The lowest BCUT2D eigenvalue weighted by Crippen LogP contribution is -2.39. The summed E-state index contributed by atoms with van der Waals surface area (Å²) in [6, 6.07) is 8.05. The lowest BCUT2D eigenvalue weighted by Gasteiger charge is -2.18. The molecule has 4 heterocycles. The number of rotatable bonds is 4. The number of fused-ring (bicyclic) bond motifs is 3. The molecule has 184 valence electrons. The van der Waals surface area contributed by atoms with E-state index in [2.05, 4.69) is 9.97 Å². The summed E-state index contributed by atoms with van der Waals surface area (Å²) < 4.78 is 68.6. The van der Waals surface area contributed by atoms with Crippen molar-refractivity contribution in [1.82, 2.24) is 23.2 Å². The molecule has 1 aliphatic heterocycles. The first-order valence-electron chi connectivity index (χ1n) is 11.0. The average Bonchev–Trinajstić information content (AvgIpc) is 3.53. The molecule has 2 atom stereocenters. The van der Waals surface area contributed by atoms with Crippen molar-refractivity contribution in [2.45, 2.75) is 37.3 Å². The molecule has 3 aromatic heterocycles. The van der Waals surface area contributed by atoms with Gasteiger partial charge in [-0.15, -0.1) is 0 Å². The van der Waals surface area contributed by atoms with Crippen molar-refractivity contribution in [1.29, 1.82) is 0 Å². The third-order valence-electron chi connectivity index (χ3n) is 6.62. The second-order valence-electron chi connectivity index (χ2n) is 8.76. The van der Waals surface area contributed by atoms with Gasteiger partial charge < -0.3 is 4.90 Å². The van der Waals surface area contributed by atoms with E-state index < -0.39 is 28.0 Å². The Morgan fingerprint density at radius 3 is 2.46 bits per heavy atom. The second kappa shape index (κ2) is 8.08. The maximum absolute atomic E-state index is 13.3. The summed E-state index contributed by atoms with van der Waals surface area (Å²) in [6.07, 6.45) is 0.0299. The summed E-state index contributed by atoms with van der Waals surface area (Å²) in [5, 5.41) is 0. The molecule has 0 aliphatic carbocycles. The van der Waals surface area contributed by atoms with Gasteiger partial charge in [-0.3, -0.25) is 9.20 Å². The molecule has 1 fully saturated rings. The van der Waals surface area contributed by atoms with Crippen LogP contribution in [0.25, 0.3) is 16.8 Å². The number of amides is 1. The van der Waals surface area contributed by atoms with Crippen LogP contribution in [0.4, 0.5) is 13.2 Å². The largest absolute Gasteiger partial charge is 0.471 e. The van der Waals surface area contributed by atoms with Crippen LogP contribution in [0.15, 0.2) is 53.8 Å². The van der Waals surface area contributed by atoms with Crippen LogP contribution < -0.4 is 0 Å². The van der Waals surface area contributed by atoms with Gasteiger partial charge in [-0.05, 0) is 31.0 Å². The Labute approximate surface area is 199 Å². The number of benzene rings is 1. The second-order valence-corrected chi connectivity index (χ2v) is 10.6. The number of halogens is 3. The fraction of sp³-hybridized carbons (Fsp3) is 0.348. The highest BCUT2D eigenvalue weighted by molar-refractivity contribution is 7.90. The molecule has 12 heteroatoms. The van der Waals surface area contributed by atoms with Crippen molar-refractivity contribution < 1.29 is 26.4 Å². The van der Waals surface area contributed by atoms with Crippen LogP contribution in [-0.2, 0) is 14.8 Å². The summed E-state index contributed by atoms with van der Waals surface area (Å²) >= 11 is 0. The van der Waals surface area contributed by atoms with Gasteiger partial charge in [0.15, 0.2) is 11.3 Å². The van der Waals surface area contributed by atoms with Crippen LogP contribution in [0.3, 0.4) is 0 Å². The number of carbonyl (C=O) groups excluding carboxylic acids is 1. The SMILES string of the molecule is CC[C@@H]1CN(C(=O)C(F)(F)F)C[C@@H]1c1cnc2cnc3c(ccn3S(=O)(=O)c3ccc(C)cc3)n12. The van der Waals surface area contributed by atoms with Crippen LogP contribution in [0.5, 0.6) is 0 Å². The van der Waals surface area contributed by atoms with E-state index >= 15 is 0 Å². The standard InChI is InChI=1S/C23H22F3N5O3S/c1-3-15-12-29(22(32)23(24,25)26)13-17(15)19-10-27-20-11-28-21-18(31(19)20)8-9-30(21)35(33,34)16-6-4-14(2)5-7-16/h4-11,15,17H,3,12-13H2,1-2H3/t15-,17+/m1/s1. The van der Waals surface area contributed by atoms with Gasteiger partial charge in [0.2, 0.25) is 0 Å². The zero-order valence-electron chi connectivity index (χ0n) is 18.9. The molecule has 1 saturated heterocycles. The number of alkyl halides is 3. The highest BCUT2D eigenvalue weighted by Gasteiger charge is 2.47. The van der Waals surface area contributed by atoms with Crippen molar-refractivity contribution in [2.24, 2.45) is 5.92 Å². The van der Waals surface area contributed by atoms with E-state index in [1.165, 1.54) is 24.5 Å². The quantitative estimate of drug-likeness (QED) is 0.422. The molecule has 35 heavy (non-hydrogen) atoms. The summed E-state index contributed by atoms with van der Waals surface area (Å²) in [5.74, 6) is -2.46. The Morgan fingerprint density at radius 1 is 1.09 bits per heavy atom. The summed E-state index contributed by atoms with van der Waals surface area (Å²) in [4.78, 5) is 21.5. The van der Waals surface area contributed by atoms with Crippen molar-refractivity contribution in [2.75, 3.05) is 13.1 Å². The molecule has 1 aliphatic rings. The topological polar surface area (TPSA) is 89.6 Å². The maximum atomic E-state index is 13.3. The van der Waals surface area contributed by atoms with E-state index in [-0.39, 0.29) is 29.6 Å². The highest BCUT2D eigenvalue weighted by Crippen LogP contribution is 2.37. The summed E-state index contributed by atoms with van der Waals surface area (Å²) in [7, 11) is -3.93. The van der Waals surface area contributed by atoms with Crippen molar-refractivity contribution in [3.8, 4) is 0 Å². The zero-order valence-corrected chi connectivity index (χ0v) is 19.7. The molecule has 0 N–H and O–H groups in total. The Morgan fingerprint density at radius 2 is 1.80 bits per heavy atom. The van der Waals surface area contributed by atoms with Crippen LogP contribution in [0, 0.1) is 12.8 Å². The van der Waals surface area contributed by atoms with E-state index in [9.17, 15) is 26.4 Å². The minimum atomic E-state index is -4.94. The Kier molecular flexibility index (Phi) is 5.38. The van der Waals surface area contributed by atoms with Gasteiger partial charge in [0.25, 0.3) is 10.0 Å². The van der Waals surface area contributed by atoms with Gasteiger partial charge in [-0.1, -0.05) is 31.0 Å². The van der Waals surface area contributed by atoms with Crippen molar-refractivity contribution in [3.05, 3.63) is 60.2 Å². The Hall–Kier alpha value is -3.41. The molecule has 8 nitrogen and oxygen atoms in total. The van der Waals surface area contributed by atoms with Crippen LogP contribution in [0.2, 0.25) is 0 Å². The fourth-order valence-electron chi connectivity index (χ4n) is 4.79. The molecule has 1 amide bonds. The zero-order chi connectivity index (χ0) is 25.1. The lowest BCUT2D eigenvalue weighted by molar-refractivity contribution is -0.184. The first-order chi connectivity index (χ1) is 16.5. The van der Waals surface area contributed by atoms with Crippen molar-refractivity contribution in [3.63, 3.8) is 0 Å². The van der Waals surface area contributed by atoms with Gasteiger partial charge >= 0.3 is 12.1 Å². The molecule has 0 bridgehead atoms. The van der Waals surface area contributed by atoms with Gasteiger partial charge in [0, 0.05) is 37.1 Å². The first kappa shape index (κ1) is 23.3. The predicted octanol–water partition coefficient (Wildman–Crippen LogP) is 3.74. The van der Waals surface area contributed by atoms with Gasteiger partial charge in [0.1, 0.15) is 0 Å². The third-order valence-corrected chi connectivity index (χ3v) is 8.30.